The Bertz CT molecular complexity index is 549. The van der Waals surface area contributed by atoms with Gasteiger partial charge in [-0.05, 0) is 24.1 Å². The molecule has 1 aromatic heterocycles. The van der Waals surface area contributed by atoms with Crippen LogP contribution in [-0.2, 0) is 24.2 Å². The van der Waals surface area contributed by atoms with E-state index in [1.165, 1.54) is 4.88 Å². The van der Waals surface area contributed by atoms with Crippen LogP contribution in [0.2, 0.25) is 0 Å². The number of rotatable bonds is 5. The third-order valence-electron chi connectivity index (χ3n) is 2.69. The Kier molecular flexibility index (Phi) is 4.99. The van der Waals surface area contributed by atoms with Gasteiger partial charge in [-0.25, -0.2) is 4.98 Å². The van der Waals surface area contributed by atoms with Gasteiger partial charge in [-0.2, -0.15) is 0 Å². The molecule has 0 aliphatic heterocycles. The first-order valence-electron chi connectivity index (χ1n) is 6.15. The zero-order valence-corrected chi connectivity index (χ0v) is 12.4. The van der Waals surface area contributed by atoms with Crippen LogP contribution >= 0.6 is 24.0 Å². The molecule has 0 saturated heterocycles. The Labute approximate surface area is 122 Å². The van der Waals surface area contributed by atoms with Gasteiger partial charge in [-0.1, -0.05) is 19.1 Å². The number of carbonyl (C=O) groups excluding carboxylic acids is 1. The molecule has 0 bridgehead atoms. The minimum Gasteiger partial charge on any atom is -0.349 e. The number of thiol groups is 1. The standard InChI is InChI=1S/C14H16N2OS2/c1-2-12-8-16-14(19-12)9-15-13(17)7-10-3-5-11(18)6-4-10/h3-6,8,18H,2,7,9H2,1H3,(H,15,17). The summed E-state index contributed by atoms with van der Waals surface area (Å²) in [4.78, 5) is 18.2. The molecule has 0 aliphatic rings. The lowest BCUT2D eigenvalue weighted by Crippen LogP contribution is -2.24. The van der Waals surface area contributed by atoms with E-state index in [-0.39, 0.29) is 5.91 Å². The van der Waals surface area contributed by atoms with Crippen molar-refractivity contribution in [1.82, 2.24) is 10.3 Å². The van der Waals surface area contributed by atoms with Crippen molar-refractivity contribution in [3.8, 4) is 0 Å². The SMILES string of the molecule is CCc1cnc(CNC(=O)Cc2ccc(S)cc2)s1. The first-order valence-corrected chi connectivity index (χ1v) is 7.42. The molecule has 0 radical (unpaired) electrons. The quantitative estimate of drug-likeness (QED) is 0.832. The lowest BCUT2D eigenvalue weighted by Gasteiger charge is -2.03. The molecule has 0 saturated carbocycles. The van der Waals surface area contributed by atoms with E-state index in [0.29, 0.717) is 13.0 Å². The molecule has 1 heterocycles. The average Bonchev–Trinajstić information content (AvgIpc) is 2.87. The number of aryl methyl sites for hydroxylation is 1. The molecule has 2 rings (SSSR count). The van der Waals surface area contributed by atoms with Gasteiger partial charge in [-0.15, -0.1) is 24.0 Å². The van der Waals surface area contributed by atoms with Crippen molar-refractivity contribution >= 4 is 29.9 Å². The van der Waals surface area contributed by atoms with E-state index in [0.717, 1.165) is 21.9 Å². The van der Waals surface area contributed by atoms with E-state index < -0.39 is 0 Å². The Hall–Kier alpha value is -1.33. The summed E-state index contributed by atoms with van der Waals surface area (Å²) in [6, 6.07) is 7.61. The molecule has 2 aromatic rings. The predicted molar refractivity (Wildman–Crippen MR) is 80.7 cm³/mol. The van der Waals surface area contributed by atoms with Crippen LogP contribution in [0.3, 0.4) is 0 Å². The van der Waals surface area contributed by atoms with Gasteiger partial charge >= 0.3 is 0 Å². The average molecular weight is 292 g/mol. The number of nitrogens with zero attached hydrogens (tertiary/aromatic N) is 1. The number of nitrogens with one attached hydrogen (secondary N) is 1. The van der Waals surface area contributed by atoms with Crippen LogP contribution in [0.1, 0.15) is 22.4 Å². The molecule has 5 heteroatoms. The second kappa shape index (κ2) is 6.73. The fourth-order valence-corrected chi connectivity index (χ4v) is 2.58. The molecule has 0 unspecified atom stereocenters. The molecule has 0 spiro atoms. The first kappa shape index (κ1) is 14.1. The number of amides is 1. The number of carbonyl (C=O) groups is 1. The third kappa shape index (κ3) is 4.36. The van der Waals surface area contributed by atoms with Gasteiger partial charge in [0, 0.05) is 16.0 Å². The van der Waals surface area contributed by atoms with E-state index in [1.54, 1.807) is 11.3 Å². The summed E-state index contributed by atoms with van der Waals surface area (Å²) < 4.78 is 0. The maximum Gasteiger partial charge on any atom is 0.224 e. The summed E-state index contributed by atoms with van der Waals surface area (Å²) in [7, 11) is 0. The number of hydrogen-bond acceptors (Lipinski definition) is 4. The minimum atomic E-state index is 0.0140. The molecular weight excluding hydrogens is 276 g/mol. The highest BCUT2D eigenvalue weighted by molar-refractivity contribution is 7.80. The highest BCUT2D eigenvalue weighted by Crippen LogP contribution is 2.13. The monoisotopic (exact) mass is 292 g/mol. The summed E-state index contributed by atoms with van der Waals surface area (Å²) in [5.74, 6) is 0.0140. The van der Waals surface area contributed by atoms with Crippen LogP contribution in [0.4, 0.5) is 0 Å². The molecule has 1 N–H and O–H groups in total. The van der Waals surface area contributed by atoms with Crippen molar-refractivity contribution in [3.05, 3.63) is 45.9 Å². The first-order chi connectivity index (χ1) is 9.17. The zero-order chi connectivity index (χ0) is 13.7. The van der Waals surface area contributed by atoms with E-state index in [1.807, 2.05) is 30.5 Å². The van der Waals surface area contributed by atoms with Gasteiger partial charge < -0.3 is 5.32 Å². The van der Waals surface area contributed by atoms with E-state index in [4.69, 9.17) is 0 Å². The van der Waals surface area contributed by atoms with Gasteiger partial charge in [0.15, 0.2) is 0 Å². The number of thiazole rings is 1. The lowest BCUT2D eigenvalue weighted by molar-refractivity contribution is -0.120. The van der Waals surface area contributed by atoms with Gasteiger partial charge in [-0.3, -0.25) is 4.79 Å². The highest BCUT2D eigenvalue weighted by Gasteiger charge is 2.05. The Morgan fingerprint density at radius 3 is 2.74 bits per heavy atom. The summed E-state index contributed by atoms with van der Waals surface area (Å²) in [5.41, 5.74) is 0.990. The normalized spacial score (nSPS) is 10.4. The zero-order valence-electron chi connectivity index (χ0n) is 10.7. The van der Waals surface area contributed by atoms with Crippen molar-refractivity contribution in [2.24, 2.45) is 0 Å². The molecule has 0 atom stereocenters. The fraction of sp³-hybridized carbons (Fsp3) is 0.286. The lowest BCUT2D eigenvalue weighted by atomic mass is 10.1. The predicted octanol–water partition coefficient (Wildman–Crippen LogP) is 2.85. The highest BCUT2D eigenvalue weighted by atomic mass is 32.1. The van der Waals surface area contributed by atoms with Crippen molar-refractivity contribution in [2.45, 2.75) is 31.2 Å². The van der Waals surface area contributed by atoms with E-state index in [9.17, 15) is 4.79 Å². The van der Waals surface area contributed by atoms with Crippen LogP contribution in [0.15, 0.2) is 35.4 Å². The molecule has 1 aromatic carbocycles. The summed E-state index contributed by atoms with van der Waals surface area (Å²) in [6.45, 7) is 2.61. The van der Waals surface area contributed by atoms with Crippen molar-refractivity contribution in [3.63, 3.8) is 0 Å². The summed E-state index contributed by atoms with van der Waals surface area (Å²) in [6.07, 6.45) is 3.25. The molecule has 3 nitrogen and oxygen atoms in total. The van der Waals surface area contributed by atoms with Gasteiger partial charge in [0.25, 0.3) is 0 Å². The second-order valence-electron chi connectivity index (χ2n) is 4.19. The topological polar surface area (TPSA) is 42.0 Å². The van der Waals surface area contributed by atoms with Crippen LogP contribution in [0.5, 0.6) is 0 Å². The molecule has 100 valence electrons. The summed E-state index contributed by atoms with van der Waals surface area (Å²) in [5, 5.41) is 3.84. The second-order valence-corrected chi connectivity index (χ2v) is 5.91. The Morgan fingerprint density at radius 2 is 2.11 bits per heavy atom. The third-order valence-corrected chi connectivity index (χ3v) is 4.13. The van der Waals surface area contributed by atoms with Gasteiger partial charge in [0.1, 0.15) is 5.01 Å². The molecule has 0 fully saturated rings. The smallest absolute Gasteiger partial charge is 0.224 e. The van der Waals surface area contributed by atoms with Gasteiger partial charge in [0.05, 0.1) is 13.0 Å². The number of hydrogen-bond donors (Lipinski definition) is 2. The largest absolute Gasteiger partial charge is 0.349 e. The number of aromatic nitrogens is 1. The molecular formula is C14H16N2OS2. The molecule has 0 aliphatic carbocycles. The van der Waals surface area contributed by atoms with Crippen molar-refractivity contribution < 1.29 is 4.79 Å². The van der Waals surface area contributed by atoms with E-state index >= 15 is 0 Å². The Morgan fingerprint density at radius 1 is 1.37 bits per heavy atom. The molecule has 1 amide bonds. The number of benzene rings is 1. The van der Waals surface area contributed by atoms with E-state index in [2.05, 4.69) is 29.9 Å². The Balaban J connectivity index is 1.82. The van der Waals surface area contributed by atoms with Crippen molar-refractivity contribution in [1.29, 1.82) is 0 Å². The minimum absolute atomic E-state index is 0.0140. The fourth-order valence-electron chi connectivity index (χ4n) is 1.63. The maximum absolute atomic E-state index is 11.8. The van der Waals surface area contributed by atoms with Crippen LogP contribution in [0, 0.1) is 0 Å². The molecule has 19 heavy (non-hydrogen) atoms. The van der Waals surface area contributed by atoms with Gasteiger partial charge in [0.2, 0.25) is 5.91 Å². The van der Waals surface area contributed by atoms with Crippen LogP contribution in [0.25, 0.3) is 0 Å². The van der Waals surface area contributed by atoms with Crippen LogP contribution in [-0.4, -0.2) is 10.9 Å². The van der Waals surface area contributed by atoms with Crippen molar-refractivity contribution in [2.75, 3.05) is 0 Å². The van der Waals surface area contributed by atoms with Crippen LogP contribution < -0.4 is 5.32 Å². The summed E-state index contributed by atoms with van der Waals surface area (Å²) >= 11 is 5.86. The maximum atomic E-state index is 11.8.